The highest BCUT2D eigenvalue weighted by Gasteiger charge is 2.13. The van der Waals surface area contributed by atoms with E-state index in [1.165, 1.54) is 11.8 Å². The van der Waals surface area contributed by atoms with Gasteiger partial charge in [-0.05, 0) is 41.5 Å². The molecule has 0 saturated carbocycles. The van der Waals surface area contributed by atoms with E-state index in [-0.39, 0.29) is 5.91 Å². The number of carbonyl (C=O) groups excluding carboxylic acids is 1. The first kappa shape index (κ1) is 18.8. The maximum Gasteiger partial charge on any atom is 0.257 e. The quantitative estimate of drug-likeness (QED) is 0.437. The zero-order chi connectivity index (χ0) is 20.1. The molecule has 1 aromatic heterocycles. The van der Waals surface area contributed by atoms with Gasteiger partial charge in [0.05, 0.1) is 12.5 Å². The molecule has 29 heavy (non-hydrogen) atoms. The third kappa shape index (κ3) is 4.48. The summed E-state index contributed by atoms with van der Waals surface area (Å²) in [6.07, 6.45) is 0.351. The molecule has 1 heterocycles. The minimum absolute atomic E-state index is 0.174. The lowest BCUT2D eigenvalue weighted by molar-refractivity contribution is 0.102. The van der Waals surface area contributed by atoms with E-state index < -0.39 is 0 Å². The molecular weight excluding hydrogens is 382 g/mol. The Bertz CT molecular complexity index is 1160. The molecule has 4 aromatic rings. The Hall–Kier alpha value is -3.56. The summed E-state index contributed by atoms with van der Waals surface area (Å²) in [7, 11) is 0. The van der Waals surface area contributed by atoms with Gasteiger partial charge in [0.2, 0.25) is 0 Å². The van der Waals surface area contributed by atoms with E-state index in [2.05, 4.69) is 16.4 Å². The second-order valence-electron chi connectivity index (χ2n) is 6.38. The van der Waals surface area contributed by atoms with Crippen LogP contribution in [0.5, 0.6) is 0 Å². The number of hydrogen-bond donors (Lipinski definition) is 1. The van der Waals surface area contributed by atoms with Gasteiger partial charge in [0.25, 0.3) is 11.1 Å². The average Bonchev–Trinajstić information content (AvgIpc) is 3.17. The second kappa shape index (κ2) is 8.63. The van der Waals surface area contributed by atoms with Gasteiger partial charge in [-0.15, -0.1) is 0 Å². The lowest BCUT2D eigenvalue weighted by atomic mass is 10.1. The van der Waals surface area contributed by atoms with E-state index in [9.17, 15) is 4.79 Å². The molecule has 5 nitrogen and oxygen atoms in total. The maximum absolute atomic E-state index is 12.8. The molecule has 0 saturated heterocycles. The van der Waals surface area contributed by atoms with Crippen LogP contribution < -0.4 is 5.32 Å². The van der Waals surface area contributed by atoms with Gasteiger partial charge >= 0.3 is 0 Å². The van der Waals surface area contributed by atoms with Crippen LogP contribution in [-0.2, 0) is 12.2 Å². The van der Waals surface area contributed by atoms with Crippen molar-refractivity contribution in [2.75, 3.05) is 5.32 Å². The molecule has 3 aromatic carbocycles. The van der Waals surface area contributed by atoms with Crippen molar-refractivity contribution in [3.63, 3.8) is 0 Å². The Morgan fingerprint density at radius 3 is 2.59 bits per heavy atom. The molecule has 0 aliphatic carbocycles. The van der Waals surface area contributed by atoms with Gasteiger partial charge in [0.1, 0.15) is 5.52 Å². The van der Waals surface area contributed by atoms with Crippen molar-refractivity contribution in [2.24, 2.45) is 0 Å². The number of nitrogens with zero attached hydrogens (tertiary/aromatic N) is 2. The Kier molecular flexibility index (Phi) is 5.59. The van der Waals surface area contributed by atoms with Crippen molar-refractivity contribution in [2.45, 2.75) is 17.4 Å². The smallest absolute Gasteiger partial charge is 0.257 e. The van der Waals surface area contributed by atoms with Gasteiger partial charge in [0.15, 0.2) is 5.58 Å². The van der Waals surface area contributed by atoms with Crippen LogP contribution in [-0.4, -0.2) is 10.9 Å². The Morgan fingerprint density at radius 2 is 1.79 bits per heavy atom. The van der Waals surface area contributed by atoms with Crippen LogP contribution in [0.3, 0.4) is 0 Å². The molecule has 0 spiro atoms. The van der Waals surface area contributed by atoms with Gasteiger partial charge in [-0.25, -0.2) is 4.98 Å². The first-order chi connectivity index (χ1) is 14.2. The van der Waals surface area contributed by atoms with E-state index in [4.69, 9.17) is 9.68 Å². The van der Waals surface area contributed by atoms with E-state index >= 15 is 0 Å². The zero-order valence-electron chi connectivity index (χ0n) is 15.5. The molecule has 4 rings (SSSR count). The van der Waals surface area contributed by atoms with Crippen LogP contribution in [0.25, 0.3) is 11.1 Å². The maximum atomic E-state index is 12.8. The van der Waals surface area contributed by atoms with Crippen molar-refractivity contribution in [3.05, 3.63) is 89.5 Å². The van der Waals surface area contributed by atoms with Crippen molar-refractivity contribution in [3.8, 4) is 6.07 Å². The number of thioether (sulfide) groups is 1. The Morgan fingerprint density at radius 1 is 1.03 bits per heavy atom. The number of oxazole rings is 1. The number of nitrogens with one attached hydrogen (secondary N) is 1. The van der Waals surface area contributed by atoms with Gasteiger partial charge in [-0.3, -0.25) is 4.79 Å². The van der Waals surface area contributed by atoms with Crippen LogP contribution >= 0.6 is 11.8 Å². The number of para-hydroxylation sites is 2. The van der Waals surface area contributed by atoms with Crippen molar-refractivity contribution in [1.29, 1.82) is 5.26 Å². The van der Waals surface area contributed by atoms with E-state index in [1.54, 1.807) is 18.2 Å². The second-order valence-corrected chi connectivity index (χ2v) is 7.31. The summed E-state index contributed by atoms with van der Waals surface area (Å²) >= 11 is 1.46. The molecular formula is C23H17N3O2S. The summed E-state index contributed by atoms with van der Waals surface area (Å²) in [6.45, 7) is 0. The summed E-state index contributed by atoms with van der Waals surface area (Å²) < 4.78 is 5.75. The summed E-state index contributed by atoms with van der Waals surface area (Å²) in [6, 6.07) is 24.5. The molecule has 0 unspecified atom stereocenters. The Labute approximate surface area is 172 Å². The highest BCUT2D eigenvalue weighted by molar-refractivity contribution is 7.98. The minimum atomic E-state index is -0.174. The number of hydrogen-bond acceptors (Lipinski definition) is 5. The number of fused-ring (bicyclic) bond motifs is 1. The molecule has 0 bridgehead atoms. The summed E-state index contributed by atoms with van der Waals surface area (Å²) in [5, 5.41) is 12.3. The van der Waals surface area contributed by atoms with Gasteiger partial charge in [0, 0.05) is 17.0 Å². The molecule has 0 aliphatic heterocycles. The standard InChI is InChI=1S/C23H17N3O2S/c24-14-13-16-9-11-18(12-10-16)25-22(27)19-6-2-1-5-17(19)15-29-23-26-20-7-3-4-8-21(20)28-23/h1-12H,13,15H2,(H,25,27). The van der Waals surface area contributed by atoms with Crippen LogP contribution in [0.2, 0.25) is 0 Å². The van der Waals surface area contributed by atoms with Crippen LogP contribution in [0.15, 0.2) is 82.4 Å². The van der Waals surface area contributed by atoms with Gasteiger partial charge in [-0.2, -0.15) is 5.26 Å². The van der Waals surface area contributed by atoms with Crippen molar-refractivity contribution < 1.29 is 9.21 Å². The highest BCUT2D eigenvalue weighted by Crippen LogP contribution is 2.27. The number of nitriles is 1. The SMILES string of the molecule is N#CCc1ccc(NC(=O)c2ccccc2CSc2nc3ccccc3o2)cc1. The lowest BCUT2D eigenvalue weighted by Gasteiger charge is -2.10. The normalized spacial score (nSPS) is 10.6. The van der Waals surface area contributed by atoms with E-state index in [0.717, 1.165) is 22.2 Å². The number of anilines is 1. The number of carbonyl (C=O) groups is 1. The Balaban J connectivity index is 1.47. The first-order valence-electron chi connectivity index (χ1n) is 9.06. The fraction of sp³-hybridized carbons (Fsp3) is 0.0870. The average molecular weight is 399 g/mol. The summed E-state index contributed by atoms with van der Waals surface area (Å²) in [5.74, 6) is 0.393. The van der Waals surface area contributed by atoms with Gasteiger partial charge in [-0.1, -0.05) is 54.2 Å². The molecule has 0 atom stereocenters. The number of benzene rings is 3. The molecule has 0 aliphatic rings. The van der Waals surface area contributed by atoms with Crippen LogP contribution in [0.1, 0.15) is 21.5 Å². The fourth-order valence-corrected chi connectivity index (χ4v) is 3.76. The third-order valence-electron chi connectivity index (χ3n) is 4.38. The number of amides is 1. The van der Waals surface area contributed by atoms with E-state index in [1.807, 2.05) is 54.6 Å². The first-order valence-corrected chi connectivity index (χ1v) is 10.0. The van der Waals surface area contributed by atoms with Crippen molar-refractivity contribution >= 4 is 34.5 Å². The van der Waals surface area contributed by atoms with Crippen molar-refractivity contribution in [1.82, 2.24) is 4.98 Å². The third-order valence-corrected chi connectivity index (χ3v) is 5.26. The summed E-state index contributed by atoms with van der Waals surface area (Å²) in [5.41, 5.74) is 4.69. The monoisotopic (exact) mass is 399 g/mol. The van der Waals surface area contributed by atoms with E-state index in [0.29, 0.717) is 28.6 Å². The molecule has 1 N–H and O–H groups in total. The van der Waals surface area contributed by atoms with Gasteiger partial charge < -0.3 is 9.73 Å². The molecule has 0 radical (unpaired) electrons. The molecule has 0 fully saturated rings. The molecule has 6 heteroatoms. The molecule has 1 amide bonds. The predicted molar refractivity (Wildman–Crippen MR) is 114 cm³/mol. The largest absolute Gasteiger partial charge is 0.431 e. The summed E-state index contributed by atoms with van der Waals surface area (Å²) in [4.78, 5) is 17.3. The van der Waals surface area contributed by atoms with Crippen LogP contribution in [0.4, 0.5) is 5.69 Å². The topological polar surface area (TPSA) is 78.9 Å². The molecule has 142 valence electrons. The minimum Gasteiger partial charge on any atom is -0.431 e. The number of aromatic nitrogens is 1. The number of rotatable bonds is 6. The van der Waals surface area contributed by atoms with Crippen LogP contribution in [0, 0.1) is 11.3 Å². The fourth-order valence-electron chi connectivity index (χ4n) is 2.92. The zero-order valence-corrected chi connectivity index (χ0v) is 16.3. The predicted octanol–water partition coefficient (Wildman–Crippen LogP) is 5.44. The highest BCUT2D eigenvalue weighted by atomic mass is 32.2. The lowest BCUT2D eigenvalue weighted by Crippen LogP contribution is -2.14.